The van der Waals surface area contributed by atoms with Crippen molar-refractivity contribution in [3.63, 3.8) is 0 Å². The van der Waals surface area contributed by atoms with Crippen molar-refractivity contribution in [1.82, 2.24) is 15.8 Å². The molecule has 3 N–H and O–H groups in total. The van der Waals surface area contributed by atoms with Crippen molar-refractivity contribution in [3.8, 4) is 16.9 Å². The number of hydrogen-bond donors (Lipinski definition) is 3. The fourth-order valence-electron chi connectivity index (χ4n) is 3.40. The van der Waals surface area contributed by atoms with E-state index in [1.165, 1.54) is 11.8 Å². The SMILES string of the molecule is COc1ccc(C2CC(=O)NC(SCC(=O)Nc3oncc3-c3ccc(C)cc3)N2)cc1. The topological polar surface area (TPSA) is 105 Å². The molecule has 1 aliphatic heterocycles. The van der Waals surface area contributed by atoms with Crippen molar-refractivity contribution in [2.45, 2.75) is 24.9 Å². The van der Waals surface area contributed by atoms with Gasteiger partial charge in [0.25, 0.3) is 0 Å². The second kappa shape index (κ2) is 9.88. The molecule has 0 radical (unpaired) electrons. The quantitative estimate of drug-likeness (QED) is 0.504. The fraction of sp³-hybridized carbons (Fsp3) is 0.261. The summed E-state index contributed by atoms with van der Waals surface area (Å²) >= 11 is 1.30. The van der Waals surface area contributed by atoms with Gasteiger partial charge in [-0.05, 0) is 30.2 Å². The van der Waals surface area contributed by atoms with Gasteiger partial charge in [0, 0.05) is 12.5 Å². The maximum atomic E-state index is 12.5. The Morgan fingerprint density at radius 2 is 1.97 bits per heavy atom. The Kier molecular flexibility index (Phi) is 6.77. The van der Waals surface area contributed by atoms with Crippen LogP contribution in [0.4, 0.5) is 5.88 Å². The first-order valence-electron chi connectivity index (χ1n) is 10.1. The Bertz CT molecular complexity index is 1080. The van der Waals surface area contributed by atoms with Gasteiger partial charge in [-0.25, -0.2) is 0 Å². The molecule has 1 saturated heterocycles. The molecule has 3 aromatic rings. The summed E-state index contributed by atoms with van der Waals surface area (Å²) in [6.07, 6.45) is 1.91. The molecule has 4 rings (SSSR count). The maximum Gasteiger partial charge on any atom is 0.239 e. The van der Waals surface area contributed by atoms with Crippen LogP contribution in [-0.4, -0.2) is 35.3 Å². The molecule has 2 aromatic carbocycles. The van der Waals surface area contributed by atoms with Gasteiger partial charge in [0.2, 0.25) is 17.7 Å². The van der Waals surface area contributed by atoms with E-state index in [0.29, 0.717) is 17.9 Å². The van der Waals surface area contributed by atoms with Crippen molar-refractivity contribution >= 4 is 29.5 Å². The zero-order valence-corrected chi connectivity index (χ0v) is 18.6. The highest BCUT2D eigenvalue weighted by Gasteiger charge is 2.27. The zero-order valence-electron chi connectivity index (χ0n) is 17.8. The first kappa shape index (κ1) is 21.9. The maximum absolute atomic E-state index is 12.5. The molecular weight excluding hydrogens is 428 g/mol. The molecule has 2 unspecified atom stereocenters. The summed E-state index contributed by atoms with van der Waals surface area (Å²) in [7, 11) is 1.61. The molecule has 2 atom stereocenters. The number of aromatic nitrogens is 1. The first-order chi connectivity index (χ1) is 15.5. The lowest BCUT2D eigenvalue weighted by molar-refractivity contribution is -0.123. The molecule has 0 bridgehead atoms. The second-order valence-corrected chi connectivity index (χ2v) is 8.53. The number of benzene rings is 2. The summed E-state index contributed by atoms with van der Waals surface area (Å²) in [5.74, 6) is 0.869. The normalized spacial score (nSPS) is 18.1. The van der Waals surface area contributed by atoms with E-state index >= 15 is 0 Å². The molecule has 2 amide bonds. The number of rotatable bonds is 7. The highest BCUT2D eigenvalue weighted by atomic mass is 32.2. The standard InChI is InChI=1S/C23H24N4O4S/c1-14-3-5-15(6-4-14)18-12-24-31-22(18)26-21(29)13-32-23-25-19(11-20(28)27-23)16-7-9-17(30-2)10-8-16/h3-10,12,19,23,25H,11,13H2,1-2H3,(H,26,29)(H,27,28). The summed E-state index contributed by atoms with van der Waals surface area (Å²) in [4.78, 5) is 24.7. The van der Waals surface area contributed by atoms with Gasteiger partial charge in [-0.2, -0.15) is 0 Å². The third-order valence-electron chi connectivity index (χ3n) is 5.12. The number of ether oxygens (including phenoxy) is 1. The van der Waals surface area contributed by atoms with Crippen LogP contribution in [0.25, 0.3) is 11.1 Å². The van der Waals surface area contributed by atoms with Crippen molar-refractivity contribution in [1.29, 1.82) is 0 Å². The van der Waals surface area contributed by atoms with Crippen LogP contribution in [0.1, 0.15) is 23.6 Å². The molecule has 0 aliphatic carbocycles. The lowest BCUT2D eigenvalue weighted by Gasteiger charge is -2.31. The Morgan fingerprint density at radius 1 is 1.22 bits per heavy atom. The van der Waals surface area contributed by atoms with E-state index in [4.69, 9.17) is 9.26 Å². The third kappa shape index (κ3) is 5.30. The second-order valence-electron chi connectivity index (χ2n) is 7.44. The summed E-state index contributed by atoms with van der Waals surface area (Å²) in [6.45, 7) is 2.01. The Hall–Kier alpha value is -3.30. The molecule has 1 aliphatic rings. The molecule has 2 heterocycles. The van der Waals surface area contributed by atoms with Gasteiger partial charge >= 0.3 is 0 Å². The highest BCUT2D eigenvalue weighted by molar-refractivity contribution is 8.00. The van der Waals surface area contributed by atoms with Crippen molar-refractivity contribution < 1.29 is 18.8 Å². The predicted molar refractivity (Wildman–Crippen MR) is 123 cm³/mol. The van der Waals surface area contributed by atoms with Crippen LogP contribution in [0.2, 0.25) is 0 Å². The molecule has 1 fully saturated rings. The number of aryl methyl sites for hydroxylation is 1. The van der Waals surface area contributed by atoms with Gasteiger partial charge in [0.05, 0.1) is 24.6 Å². The van der Waals surface area contributed by atoms with Gasteiger partial charge in [0.1, 0.15) is 11.2 Å². The number of anilines is 1. The molecule has 0 spiro atoms. The van der Waals surface area contributed by atoms with E-state index in [9.17, 15) is 9.59 Å². The minimum Gasteiger partial charge on any atom is -0.497 e. The van der Waals surface area contributed by atoms with E-state index in [1.807, 2.05) is 55.5 Å². The smallest absolute Gasteiger partial charge is 0.239 e. The average Bonchev–Trinajstić information content (AvgIpc) is 3.26. The molecule has 166 valence electrons. The van der Waals surface area contributed by atoms with Crippen LogP contribution < -0.4 is 20.7 Å². The lowest BCUT2D eigenvalue weighted by Crippen LogP contribution is -2.51. The number of nitrogens with one attached hydrogen (secondary N) is 3. The van der Waals surface area contributed by atoms with E-state index < -0.39 is 0 Å². The minimum absolute atomic E-state index is 0.0700. The average molecular weight is 453 g/mol. The monoisotopic (exact) mass is 452 g/mol. The number of hydrogen-bond acceptors (Lipinski definition) is 7. The number of amides is 2. The van der Waals surface area contributed by atoms with E-state index in [1.54, 1.807) is 13.3 Å². The largest absolute Gasteiger partial charge is 0.497 e. The zero-order chi connectivity index (χ0) is 22.5. The minimum atomic E-state index is -0.389. The van der Waals surface area contributed by atoms with E-state index in [0.717, 1.165) is 22.4 Å². The summed E-state index contributed by atoms with van der Waals surface area (Å²) in [5.41, 5.74) is 3.36. The first-order valence-corrected chi connectivity index (χ1v) is 11.2. The summed E-state index contributed by atoms with van der Waals surface area (Å²) in [6, 6.07) is 15.3. The molecule has 1 aromatic heterocycles. The Morgan fingerprint density at radius 3 is 2.69 bits per heavy atom. The van der Waals surface area contributed by atoms with Crippen molar-refractivity contribution in [2.75, 3.05) is 18.2 Å². The van der Waals surface area contributed by atoms with Gasteiger partial charge in [-0.1, -0.05) is 47.1 Å². The van der Waals surface area contributed by atoms with Crippen LogP contribution >= 0.6 is 11.8 Å². The highest BCUT2D eigenvalue weighted by Crippen LogP contribution is 2.29. The third-order valence-corrected chi connectivity index (χ3v) is 6.14. The predicted octanol–water partition coefficient (Wildman–Crippen LogP) is 3.46. The van der Waals surface area contributed by atoms with Crippen LogP contribution in [0.5, 0.6) is 5.75 Å². The van der Waals surface area contributed by atoms with Crippen molar-refractivity contribution in [3.05, 3.63) is 65.9 Å². The van der Waals surface area contributed by atoms with E-state index in [-0.39, 0.29) is 29.1 Å². The van der Waals surface area contributed by atoms with Gasteiger partial charge in [-0.15, -0.1) is 11.8 Å². The van der Waals surface area contributed by atoms with Crippen LogP contribution in [0.3, 0.4) is 0 Å². The number of methoxy groups -OCH3 is 1. The number of nitrogens with zero attached hydrogens (tertiary/aromatic N) is 1. The summed E-state index contributed by atoms with van der Waals surface area (Å²) in [5, 5.41) is 12.8. The van der Waals surface area contributed by atoms with Crippen LogP contribution in [-0.2, 0) is 9.59 Å². The molecule has 8 nitrogen and oxygen atoms in total. The van der Waals surface area contributed by atoms with Crippen molar-refractivity contribution in [2.24, 2.45) is 0 Å². The number of thioether (sulfide) groups is 1. The Balaban J connectivity index is 1.34. The number of carbonyl (C=O) groups excluding carboxylic acids is 2. The van der Waals surface area contributed by atoms with Crippen LogP contribution in [0, 0.1) is 6.92 Å². The Labute approximate surface area is 190 Å². The molecule has 9 heteroatoms. The lowest BCUT2D eigenvalue weighted by atomic mass is 10.0. The van der Waals surface area contributed by atoms with E-state index in [2.05, 4.69) is 21.1 Å². The molecular formula is C23H24N4O4S. The number of carbonyl (C=O) groups is 2. The van der Waals surface area contributed by atoms with Gasteiger partial charge in [-0.3, -0.25) is 20.2 Å². The van der Waals surface area contributed by atoms with Gasteiger partial charge < -0.3 is 14.6 Å². The molecule has 32 heavy (non-hydrogen) atoms. The van der Waals surface area contributed by atoms with Gasteiger partial charge in [0.15, 0.2) is 0 Å². The van der Waals surface area contributed by atoms with Crippen LogP contribution in [0.15, 0.2) is 59.3 Å². The summed E-state index contributed by atoms with van der Waals surface area (Å²) < 4.78 is 10.4. The fourth-order valence-corrected chi connectivity index (χ4v) is 4.27. The molecule has 0 saturated carbocycles.